The number of carbonyl (C=O) groups is 1. The molecule has 0 aromatic heterocycles. The van der Waals surface area contributed by atoms with E-state index in [-0.39, 0.29) is 5.78 Å². The Hall–Kier alpha value is -0.760. The lowest BCUT2D eigenvalue weighted by atomic mass is 9.99. The number of ketones is 1. The molecule has 0 N–H and O–H groups in total. The zero-order valence-electron chi connectivity index (χ0n) is 5.97. The average molecular weight is 152 g/mol. The van der Waals surface area contributed by atoms with Crippen molar-refractivity contribution in [2.75, 3.05) is 0 Å². The Morgan fingerprint density at radius 2 is 1.60 bits per heavy atom. The molecule has 0 aliphatic heterocycles. The molecule has 10 heavy (non-hydrogen) atoms. The second kappa shape index (κ2) is 2.46. The molecule has 1 aliphatic carbocycles. The second-order valence-corrected chi connectivity index (χ2v) is 2.86. The fraction of sp³-hybridized carbons (Fsp3) is 0.250. The van der Waals surface area contributed by atoms with Crippen molar-refractivity contribution in [3.63, 3.8) is 0 Å². The van der Waals surface area contributed by atoms with Gasteiger partial charge >= 0.3 is 0 Å². The Morgan fingerprint density at radius 1 is 1.20 bits per heavy atom. The van der Waals surface area contributed by atoms with E-state index < -0.39 is 0 Å². The number of rotatable bonds is 0. The summed E-state index contributed by atoms with van der Waals surface area (Å²) in [7, 11) is 0. The van der Waals surface area contributed by atoms with E-state index in [2.05, 4.69) is 0 Å². The predicted molar refractivity (Wildman–Crippen MR) is 45.1 cm³/mol. The van der Waals surface area contributed by atoms with Crippen LogP contribution in [0.15, 0.2) is 23.3 Å². The Labute approximate surface area is 65.4 Å². The highest BCUT2D eigenvalue weighted by Crippen LogP contribution is 2.11. The van der Waals surface area contributed by atoms with Crippen LogP contribution in [0.2, 0.25) is 0 Å². The van der Waals surface area contributed by atoms with Crippen LogP contribution in [0.1, 0.15) is 13.8 Å². The predicted octanol–water partition coefficient (Wildman–Crippen LogP) is 1.83. The van der Waals surface area contributed by atoms with Crippen LogP contribution in [0.3, 0.4) is 0 Å². The quantitative estimate of drug-likeness (QED) is 0.492. The fourth-order valence-electron chi connectivity index (χ4n) is 0.911. The van der Waals surface area contributed by atoms with Gasteiger partial charge in [0.15, 0.2) is 5.78 Å². The van der Waals surface area contributed by atoms with Crippen LogP contribution in [0.4, 0.5) is 0 Å². The first-order valence-electron chi connectivity index (χ1n) is 3.06. The van der Waals surface area contributed by atoms with Gasteiger partial charge in [-0.2, -0.15) is 0 Å². The number of hydrogen-bond donors (Lipinski definition) is 0. The summed E-state index contributed by atoms with van der Waals surface area (Å²) in [5.74, 6) is 0.105. The van der Waals surface area contributed by atoms with Gasteiger partial charge in [-0.05, 0) is 37.1 Å². The normalized spacial score (nSPS) is 18.6. The Morgan fingerprint density at radius 3 is 2.00 bits per heavy atom. The minimum atomic E-state index is 0.105. The molecule has 1 aliphatic rings. The summed E-state index contributed by atoms with van der Waals surface area (Å²) < 4.78 is 0. The second-order valence-electron chi connectivity index (χ2n) is 2.39. The SMILES string of the molecule is CC1=CC(=S)C=C(C)C1=O. The van der Waals surface area contributed by atoms with Crippen molar-refractivity contribution < 1.29 is 4.79 Å². The van der Waals surface area contributed by atoms with Gasteiger partial charge in [0.1, 0.15) is 0 Å². The molecular formula is C8H8OS. The van der Waals surface area contributed by atoms with E-state index in [9.17, 15) is 4.79 Å². The number of thiocarbonyl (C=S) groups is 1. The number of Topliss-reactive ketones (excluding diaryl/α,β-unsaturated/α-hetero) is 1. The molecule has 0 saturated heterocycles. The Bertz CT molecular complexity index is 234. The van der Waals surface area contributed by atoms with Crippen LogP contribution < -0.4 is 0 Å². The fourth-order valence-corrected chi connectivity index (χ4v) is 1.26. The van der Waals surface area contributed by atoms with Crippen molar-refractivity contribution in [1.29, 1.82) is 0 Å². The molecule has 0 bridgehead atoms. The summed E-state index contributed by atoms with van der Waals surface area (Å²) in [6.07, 6.45) is 3.45. The maximum Gasteiger partial charge on any atom is 0.184 e. The van der Waals surface area contributed by atoms with Crippen LogP contribution in [-0.4, -0.2) is 10.6 Å². The third-order valence-corrected chi connectivity index (χ3v) is 1.67. The molecular weight excluding hydrogens is 144 g/mol. The first kappa shape index (κ1) is 7.35. The van der Waals surface area contributed by atoms with Crippen LogP contribution in [0.25, 0.3) is 0 Å². The zero-order chi connectivity index (χ0) is 7.72. The van der Waals surface area contributed by atoms with Crippen LogP contribution in [0.5, 0.6) is 0 Å². The van der Waals surface area contributed by atoms with Gasteiger partial charge in [-0.1, -0.05) is 12.2 Å². The summed E-state index contributed by atoms with van der Waals surface area (Å²) in [5, 5.41) is 0. The molecule has 0 amide bonds. The molecule has 0 fully saturated rings. The highest BCUT2D eigenvalue weighted by Gasteiger charge is 2.11. The summed E-state index contributed by atoms with van der Waals surface area (Å²) in [4.78, 5) is 11.8. The smallest absolute Gasteiger partial charge is 0.184 e. The summed E-state index contributed by atoms with van der Waals surface area (Å²) in [5.41, 5.74) is 1.48. The largest absolute Gasteiger partial charge is 0.289 e. The maximum absolute atomic E-state index is 11.1. The number of carbonyl (C=O) groups excluding carboxylic acids is 1. The maximum atomic E-state index is 11.1. The van der Waals surface area contributed by atoms with E-state index in [4.69, 9.17) is 12.2 Å². The molecule has 0 aromatic carbocycles. The van der Waals surface area contributed by atoms with Gasteiger partial charge in [0, 0.05) is 4.86 Å². The van der Waals surface area contributed by atoms with Crippen LogP contribution in [-0.2, 0) is 4.79 Å². The molecule has 0 spiro atoms. The lowest BCUT2D eigenvalue weighted by Crippen LogP contribution is -2.08. The monoisotopic (exact) mass is 152 g/mol. The lowest BCUT2D eigenvalue weighted by molar-refractivity contribution is -0.112. The minimum absolute atomic E-state index is 0.105. The van der Waals surface area contributed by atoms with Gasteiger partial charge in [-0.15, -0.1) is 0 Å². The standard InChI is InChI=1S/C8H8OS/c1-5-3-7(10)4-6(2)8(5)9/h3-4H,1-2H3. The minimum Gasteiger partial charge on any atom is -0.289 e. The topological polar surface area (TPSA) is 17.1 Å². The molecule has 0 aromatic rings. The first-order chi connectivity index (χ1) is 4.61. The van der Waals surface area contributed by atoms with Crippen molar-refractivity contribution in [2.24, 2.45) is 0 Å². The van der Waals surface area contributed by atoms with Gasteiger partial charge in [-0.25, -0.2) is 0 Å². The van der Waals surface area contributed by atoms with E-state index in [0.717, 1.165) is 16.0 Å². The molecule has 1 rings (SSSR count). The first-order valence-corrected chi connectivity index (χ1v) is 3.47. The van der Waals surface area contributed by atoms with Crippen LogP contribution in [0, 0.1) is 0 Å². The van der Waals surface area contributed by atoms with Crippen molar-refractivity contribution in [2.45, 2.75) is 13.8 Å². The Kier molecular flexibility index (Phi) is 1.81. The van der Waals surface area contributed by atoms with Crippen molar-refractivity contribution >= 4 is 22.9 Å². The van der Waals surface area contributed by atoms with Crippen molar-refractivity contribution in [3.8, 4) is 0 Å². The molecule has 52 valence electrons. The molecule has 0 unspecified atom stereocenters. The third kappa shape index (κ3) is 1.21. The highest BCUT2D eigenvalue weighted by molar-refractivity contribution is 7.81. The average Bonchev–Trinajstić information content (AvgIpc) is 1.82. The summed E-state index contributed by atoms with van der Waals surface area (Å²) >= 11 is 4.91. The van der Waals surface area contributed by atoms with E-state index in [1.807, 2.05) is 0 Å². The van der Waals surface area contributed by atoms with Gasteiger partial charge in [0.2, 0.25) is 0 Å². The van der Waals surface area contributed by atoms with Gasteiger partial charge < -0.3 is 0 Å². The molecule has 0 radical (unpaired) electrons. The van der Waals surface area contributed by atoms with Crippen molar-refractivity contribution in [3.05, 3.63) is 23.3 Å². The zero-order valence-corrected chi connectivity index (χ0v) is 6.79. The van der Waals surface area contributed by atoms with Gasteiger partial charge in [0.05, 0.1) is 0 Å². The van der Waals surface area contributed by atoms with Gasteiger partial charge in [0.25, 0.3) is 0 Å². The van der Waals surface area contributed by atoms with Gasteiger partial charge in [-0.3, -0.25) is 4.79 Å². The summed E-state index contributed by atoms with van der Waals surface area (Å²) in [6, 6.07) is 0. The van der Waals surface area contributed by atoms with Crippen molar-refractivity contribution in [1.82, 2.24) is 0 Å². The van der Waals surface area contributed by atoms with E-state index in [1.54, 1.807) is 26.0 Å². The highest BCUT2D eigenvalue weighted by atomic mass is 32.1. The van der Waals surface area contributed by atoms with E-state index >= 15 is 0 Å². The number of hydrogen-bond acceptors (Lipinski definition) is 2. The van der Waals surface area contributed by atoms with Crippen LogP contribution >= 0.6 is 12.2 Å². The van der Waals surface area contributed by atoms with E-state index in [0.29, 0.717) is 0 Å². The molecule has 0 heterocycles. The van der Waals surface area contributed by atoms with E-state index in [1.165, 1.54) is 0 Å². The molecule has 2 heteroatoms. The molecule has 0 atom stereocenters. The molecule has 1 nitrogen and oxygen atoms in total. The molecule has 0 saturated carbocycles. The third-order valence-electron chi connectivity index (χ3n) is 1.43. The summed E-state index contributed by atoms with van der Waals surface area (Å²) in [6.45, 7) is 3.57. The Balaban J connectivity index is 3.05. The lowest BCUT2D eigenvalue weighted by Gasteiger charge is -2.05. The number of allylic oxidation sites excluding steroid dienone is 4.